The molecular formula is C22H22FN5O2S. The van der Waals surface area contributed by atoms with E-state index in [2.05, 4.69) is 15.5 Å². The first-order valence-corrected chi connectivity index (χ1v) is 10.9. The third kappa shape index (κ3) is 4.05. The van der Waals surface area contributed by atoms with Crippen LogP contribution in [-0.2, 0) is 12.8 Å². The Bertz CT molecular complexity index is 1330. The van der Waals surface area contributed by atoms with Crippen LogP contribution in [0.25, 0.3) is 16.7 Å². The van der Waals surface area contributed by atoms with Crippen molar-refractivity contribution in [2.24, 2.45) is 7.05 Å². The van der Waals surface area contributed by atoms with E-state index in [-0.39, 0.29) is 23.3 Å². The van der Waals surface area contributed by atoms with E-state index < -0.39 is 0 Å². The predicted molar refractivity (Wildman–Crippen MR) is 119 cm³/mol. The standard InChI is InChI=1S/C22H22FN5O2S/c1-4-13(2)24-19(29)15-7-10-17-18(11-15)28-21(27(3)20(17)30)25-26-22(28)31-12-14-5-8-16(23)9-6-14/h5-11,13H,4,12H2,1-3H3,(H,24,29). The molecule has 1 unspecified atom stereocenters. The Morgan fingerprint density at radius 3 is 2.65 bits per heavy atom. The highest BCUT2D eigenvalue weighted by Crippen LogP contribution is 2.25. The maximum Gasteiger partial charge on any atom is 0.262 e. The number of aryl methyl sites for hydroxylation is 1. The highest BCUT2D eigenvalue weighted by Gasteiger charge is 2.17. The van der Waals surface area contributed by atoms with Crippen LogP contribution in [0.4, 0.5) is 4.39 Å². The first kappa shape index (κ1) is 21.0. The summed E-state index contributed by atoms with van der Waals surface area (Å²) in [7, 11) is 1.64. The number of nitrogens with one attached hydrogen (secondary N) is 1. The molecule has 0 aliphatic carbocycles. The number of halogens is 1. The number of nitrogens with zero attached hydrogens (tertiary/aromatic N) is 4. The zero-order valence-electron chi connectivity index (χ0n) is 17.4. The van der Waals surface area contributed by atoms with Crippen LogP contribution >= 0.6 is 11.8 Å². The molecule has 2 aromatic heterocycles. The van der Waals surface area contributed by atoms with E-state index in [0.29, 0.717) is 33.2 Å². The lowest BCUT2D eigenvalue weighted by Gasteiger charge is -2.13. The first-order chi connectivity index (χ1) is 14.9. The number of thioether (sulfide) groups is 1. The van der Waals surface area contributed by atoms with Crippen LogP contribution in [0, 0.1) is 5.82 Å². The molecule has 0 spiro atoms. The summed E-state index contributed by atoms with van der Waals surface area (Å²) in [5.41, 5.74) is 1.76. The van der Waals surface area contributed by atoms with Gasteiger partial charge in [0.1, 0.15) is 5.82 Å². The molecule has 0 bridgehead atoms. The number of amides is 1. The van der Waals surface area contributed by atoms with Gasteiger partial charge in [-0.2, -0.15) is 0 Å². The molecule has 0 aliphatic rings. The Morgan fingerprint density at radius 2 is 1.94 bits per heavy atom. The molecule has 0 saturated heterocycles. The van der Waals surface area contributed by atoms with Crippen LogP contribution in [0.15, 0.2) is 52.4 Å². The van der Waals surface area contributed by atoms with Gasteiger partial charge in [-0.05, 0) is 49.2 Å². The van der Waals surface area contributed by atoms with Crippen molar-refractivity contribution < 1.29 is 9.18 Å². The molecule has 9 heteroatoms. The molecule has 0 aliphatic heterocycles. The van der Waals surface area contributed by atoms with E-state index in [1.165, 1.54) is 28.5 Å². The van der Waals surface area contributed by atoms with Crippen molar-refractivity contribution in [2.45, 2.75) is 37.2 Å². The Kier molecular flexibility index (Phi) is 5.77. The molecule has 1 amide bonds. The predicted octanol–water partition coefficient (Wildman–Crippen LogP) is 3.54. The van der Waals surface area contributed by atoms with Gasteiger partial charge in [0, 0.05) is 24.4 Å². The van der Waals surface area contributed by atoms with E-state index in [1.54, 1.807) is 41.8 Å². The first-order valence-electron chi connectivity index (χ1n) is 9.95. The molecule has 1 N–H and O–H groups in total. The number of hydrogen-bond donors (Lipinski definition) is 1. The number of fused-ring (bicyclic) bond motifs is 3. The monoisotopic (exact) mass is 439 g/mol. The number of aromatic nitrogens is 4. The number of rotatable bonds is 6. The van der Waals surface area contributed by atoms with E-state index in [0.717, 1.165) is 12.0 Å². The van der Waals surface area contributed by atoms with Crippen molar-refractivity contribution >= 4 is 34.3 Å². The summed E-state index contributed by atoms with van der Waals surface area (Å²) in [6.07, 6.45) is 0.819. The van der Waals surface area contributed by atoms with Gasteiger partial charge >= 0.3 is 0 Å². The minimum absolute atomic E-state index is 0.0450. The quantitative estimate of drug-likeness (QED) is 0.465. The minimum Gasteiger partial charge on any atom is -0.350 e. The molecule has 0 fully saturated rings. The van der Waals surface area contributed by atoms with Crippen LogP contribution in [-0.4, -0.2) is 31.1 Å². The Hall–Kier alpha value is -3.20. The molecule has 160 valence electrons. The van der Waals surface area contributed by atoms with Crippen molar-refractivity contribution in [2.75, 3.05) is 0 Å². The van der Waals surface area contributed by atoms with Gasteiger partial charge in [0.05, 0.1) is 10.9 Å². The third-order valence-corrected chi connectivity index (χ3v) is 6.22. The minimum atomic E-state index is -0.286. The van der Waals surface area contributed by atoms with Crippen molar-refractivity contribution in [3.05, 3.63) is 69.8 Å². The average molecular weight is 440 g/mol. The molecule has 2 aromatic carbocycles. The second-order valence-electron chi connectivity index (χ2n) is 7.41. The van der Waals surface area contributed by atoms with Crippen molar-refractivity contribution in [1.82, 2.24) is 24.5 Å². The number of carbonyl (C=O) groups is 1. The second kappa shape index (κ2) is 8.50. The summed E-state index contributed by atoms with van der Waals surface area (Å²) in [4.78, 5) is 25.4. The molecule has 1 atom stereocenters. The lowest BCUT2D eigenvalue weighted by Crippen LogP contribution is -2.32. The van der Waals surface area contributed by atoms with E-state index in [4.69, 9.17) is 0 Å². The Balaban J connectivity index is 1.79. The highest BCUT2D eigenvalue weighted by molar-refractivity contribution is 7.98. The van der Waals surface area contributed by atoms with Gasteiger partial charge in [0.2, 0.25) is 5.78 Å². The molecule has 31 heavy (non-hydrogen) atoms. The summed E-state index contributed by atoms with van der Waals surface area (Å²) in [5, 5.41) is 12.4. The molecule has 7 nitrogen and oxygen atoms in total. The molecule has 4 rings (SSSR count). The Labute approximate surface area is 182 Å². The van der Waals surface area contributed by atoms with E-state index in [1.807, 2.05) is 13.8 Å². The van der Waals surface area contributed by atoms with Crippen LogP contribution < -0.4 is 10.9 Å². The van der Waals surface area contributed by atoms with Crippen molar-refractivity contribution in [3.8, 4) is 0 Å². The van der Waals surface area contributed by atoms with E-state index >= 15 is 0 Å². The van der Waals surface area contributed by atoms with Gasteiger partial charge in [0.15, 0.2) is 5.16 Å². The Morgan fingerprint density at radius 1 is 1.19 bits per heavy atom. The number of benzene rings is 2. The summed E-state index contributed by atoms with van der Waals surface area (Å²) < 4.78 is 16.4. The average Bonchev–Trinajstić information content (AvgIpc) is 3.21. The largest absolute Gasteiger partial charge is 0.350 e. The molecule has 4 aromatic rings. The smallest absolute Gasteiger partial charge is 0.262 e. The van der Waals surface area contributed by atoms with Crippen LogP contribution in [0.5, 0.6) is 0 Å². The van der Waals surface area contributed by atoms with Crippen molar-refractivity contribution in [1.29, 1.82) is 0 Å². The second-order valence-corrected chi connectivity index (χ2v) is 8.35. The summed E-state index contributed by atoms with van der Waals surface area (Å²) in [6.45, 7) is 3.94. The highest BCUT2D eigenvalue weighted by atomic mass is 32.2. The van der Waals surface area contributed by atoms with Crippen LogP contribution in [0.2, 0.25) is 0 Å². The van der Waals surface area contributed by atoms with Crippen LogP contribution in [0.3, 0.4) is 0 Å². The van der Waals surface area contributed by atoms with Gasteiger partial charge in [0.25, 0.3) is 11.5 Å². The lowest BCUT2D eigenvalue weighted by atomic mass is 10.1. The fourth-order valence-electron chi connectivity index (χ4n) is 3.23. The molecule has 0 saturated carbocycles. The summed E-state index contributed by atoms with van der Waals surface area (Å²) in [6, 6.07) is 11.3. The molecular weight excluding hydrogens is 417 g/mol. The summed E-state index contributed by atoms with van der Waals surface area (Å²) >= 11 is 1.42. The fourth-order valence-corrected chi connectivity index (χ4v) is 4.13. The van der Waals surface area contributed by atoms with Gasteiger partial charge < -0.3 is 5.32 Å². The zero-order chi connectivity index (χ0) is 22.1. The zero-order valence-corrected chi connectivity index (χ0v) is 18.2. The van der Waals surface area contributed by atoms with E-state index in [9.17, 15) is 14.0 Å². The summed E-state index contributed by atoms with van der Waals surface area (Å²) in [5.74, 6) is 0.461. The normalized spacial score (nSPS) is 12.4. The number of hydrogen-bond acceptors (Lipinski definition) is 5. The van der Waals surface area contributed by atoms with Crippen LogP contribution in [0.1, 0.15) is 36.2 Å². The topological polar surface area (TPSA) is 81.3 Å². The fraction of sp³-hybridized carbons (Fsp3) is 0.273. The van der Waals surface area contributed by atoms with Gasteiger partial charge in [-0.15, -0.1) is 10.2 Å². The maximum absolute atomic E-state index is 13.2. The molecule has 0 radical (unpaired) electrons. The van der Waals surface area contributed by atoms with Gasteiger partial charge in [-0.3, -0.25) is 18.6 Å². The van der Waals surface area contributed by atoms with Gasteiger partial charge in [-0.25, -0.2) is 4.39 Å². The maximum atomic E-state index is 13.2. The van der Waals surface area contributed by atoms with Crippen molar-refractivity contribution in [3.63, 3.8) is 0 Å². The van der Waals surface area contributed by atoms with Gasteiger partial charge in [-0.1, -0.05) is 30.8 Å². The lowest BCUT2D eigenvalue weighted by molar-refractivity contribution is 0.0939. The molecule has 2 heterocycles. The third-order valence-electron chi connectivity index (χ3n) is 5.22. The SMILES string of the molecule is CCC(C)NC(=O)c1ccc2c(=O)n(C)c3nnc(SCc4ccc(F)cc4)n3c2c1. The number of carbonyl (C=O) groups excluding carboxylic acids is 1.